The Morgan fingerprint density at radius 2 is 1.47 bits per heavy atom. The normalized spacial score (nSPS) is 12.7. The van der Waals surface area contributed by atoms with Crippen molar-refractivity contribution in [3.63, 3.8) is 0 Å². The predicted molar refractivity (Wildman–Crippen MR) is 46.2 cm³/mol. The van der Waals surface area contributed by atoms with E-state index in [-0.39, 0.29) is 0 Å². The Kier molecular flexibility index (Phi) is 2.74. The summed E-state index contributed by atoms with van der Waals surface area (Å²) < 4.78 is 60.0. The first kappa shape index (κ1) is 11.9. The largest absolute Gasteiger partial charge is 0.299 e. The molecule has 0 aromatic heterocycles. The summed E-state index contributed by atoms with van der Waals surface area (Å²) in [6, 6.07) is 2.39. The quantitative estimate of drug-likeness (QED) is 0.730. The van der Waals surface area contributed by atoms with Crippen molar-refractivity contribution in [1.29, 1.82) is 0 Å². The van der Waals surface area contributed by atoms with Crippen LogP contribution in [0.3, 0.4) is 0 Å². The van der Waals surface area contributed by atoms with E-state index in [0.717, 1.165) is 12.1 Å². The highest BCUT2D eigenvalue weighted by atomic mass is 32.2. The van der Waals surface area contributed by atoms with E-state index in [1.165, 1.54) is 0 Å². The average Bonchev–Trinajstić information content (AvgIpc) is 1.99. The first-order valence-corrected chi connectivity index (χ1v) is 6.27. The van der Waals surface area contributed by atoms with Crippen LogP contribution in [0.2, 0.25) is 0 Å². The third-order valence-electron chi connectivity index (χ3n) is 1.48. The molecule has 0 spiro atoms. The maximum atomic E-state index is 11.0. The van der Waals surface area contributed by atoms with Gasteiger partial charge >= 0.3 is 0 Å². The van der Waals surface area contributed by atoms with Gasteiger partial charge in [0.25, 0.3) is 20.2 Å². The van der Waals surface area contributed by atoms with Crippen molar-refractivity contribution in [2.24, 2.45) is 0 Å². The first-order valence-electron chi connectivity index (χ1n) is 3.39. The van der Waals surface area contributed by atoms with Crippen LogP contribution in [0, 0.1) is 0 Å². The second kappa shape index (κ2) is 3.45. The molecule has 1 aromatic carbocycles. The van der Waals surface area contributed by atoms with Gasteiger partial charge in [-0.05, 0) is 12.1 Å². The van der Waals surface area contributed by atoms with Crippen LogP contribution in [0.1, 0.15) is 0 Å². The molecule has 0 aliphatic heterocycles. The monoisotopic (exact) mass is 253 g/mol. The van der Waals surface area contributed by atoms with Gasteiger partial charge in [0.15, 0.2) is 4.90 Å². The Hall–Kier alpha value is -1.16. The molecule has 1 rings (SSSR count). The van der Waals surface area contributed by atoms with Gasteiger partial charge in [0.2, 0.25) is 5.75 Å². The van der Waals surface area contributed by atoms with E-state index in [1.807, 2.05) is 0 Å². The summed E-state index contributed by atoms with van der Waals surface area (Å²) in [7, 11) is -9.88. The molecule has 2 N–H and O–H groups in total. The number of benzene rings is 1. The molecule has 0 atom stereocenters. The molecule has 1 radical (unpaired) electrons. The van der Waals surface area contributed by atoms with Gasteiger partial charge in [0.1, 0.15) is 4.90 Å². The maximum absolute atomic E-state index is 11.0. The summed E-state index contributed by atoms with van der Waals surface area (Å²) in [5.74, 6) is -1.22. The van der Waals surface area contributed by atoms with Crippen LogP contribution in [0.4, 0.5) is 0 Å². The van der Waals surface area contributed by atoms with Gasteiger partial charge in [0, 0.05) is 0 Å². The molecular formula is C6H5O7S2. The number of hydrogen-bond acceptors (Lipinski definition) is 4. The van der Waals surface area contributed by atoms with Crippen LogP contribution in [0.15, 0.2) is 28.0 Å². The zero-order valence-corrected chi connectivity index (χ0v) is 8.62. The fraction of sp³-hybridized carbons (Fsp3) is 0. The third kappa shape index (κ3) is 2.45. The summed E-state index contributed by atoms with van der Waals surface area (Å²) in [6.07, 6.45) is 0. The second-order valence-electron chi connectivity index (χ2n) is 2.53. The van der Waals surface area contributed by atoms with Crippen LogP contribution >= 0.6 is 0 Å². The molecule has 15 heavy (non-hydrogen) atoms. The average molecular weight is 253 g/mol. The van der Waals surface area contributed by atoms with Gasteiger partial charge in [0.05, 0.1) is 0 Å². The summed E-state index contributed by atoms with van der Waals surface area (Å²) in [5.41, 5.74) is 0. The standard InChI is InChI=1S/C6H5O7S2/c7-4-2-1-3-5(14(8,9)10)6(4)15(11,12)13/h1-3H,(H,8,9,10)(H,11,12,13). The zero-order chi connectivity index (χ0) is 11.9. The summed E-state index contributed by atoms with van der Waals surface area (Å²) in [6.45, 7) is 0. The molecule has 83 valence electrons. The Labute approximate surface area is 85.5 Å². The van der Waals surface area contributed by atoms with Crippen molar-refractivity contribution in [3.8, 4) is 5.75 Å². The molecule has 0 aliphatic carbocycles. The lowest BCUT2D eigenvalue weighted by molar-refractivity contribution is 0.336. The molecule has 0 saturated carbocycles. The Morgan fingerprint density at radius 1 is 0.933 bits per heavy atom. The van der Waals surface area contributed by atoms with Gasteiger partial charge in [-0.1, -0.05) is 6.07 Å². The molecule has 0 bridgehead atoms. The molecule has 0 fully saturated rings. The molecule has 7 nitrogen and oxygen atoms in total. The topological polar surface area (TPSA) is 129 Å². The molecule has 0 saturated heterocycles. The van der Waals surface area contributed by atoms with E-state index in [1.54, 1.807) is 0 Å². The van der Waals surface area contributed by atoms with Gasteiger partial charge in [-0.25, -0.2) is 0 Å². The Morgan fingerprint density at radius 3 is 1.80 bits per heavy atom. The minimum Gasteiger partial charge on any atom is -0.288 e. The molecule has 1 aromatic rings. The Balaban J connectivity index is 3.79. The van der Waals surface area contributed by atoms with Crippen LogP contribution in [-0.2, 0) is 25.3 Å². The molecule has 0 unspecified atom stereocenters. The number of hydrogen-bond donors (Lipinski definition) is 2. The van der Waals surface area contributed by atoms with Crippen molar-refractivity contribution in [2.45, 2.75) is 9.79 Å². The lowest BCUT2D eigenvalue weighted by Crippen LogP contribution is -2.08. The van der Waals surface area contributed by atoms with Crippen LogP contribution < -0.4 is 0 Å². The summed E-state index contributed by atoms with van der Waals surface area (Å²) in [4.78, 5) is -2.50. The van der Waals surface area contributed by atoms with Crippen LogP contribution in [-0.4, -0.2) is 25.9 Å². The SMILES string of the molecule is [O]c1cccc(S(=O)(=O)O)c1S(=O)(=O)O. The molecule has 0 aliphatic rings. The smallest absolute Gasteiger partial charge is 0.288 e. The van der Waals surface area contributed by atoms with Crippen molar-refractivity contribution in [1.82, 2.24) is 0 Å². The molecular weight excluding hydrogens is 248 g/mol. The summed E-state index contributed by atoms with van der Waals surface area (Å²) in [5, 5.41) is 11.0. The molecule has 9 heteroatoms. The minimum absolute atomic E-state index is 0.694. The van der Waals surface area contributed by atoms with Crippen molar-refractivity contribution >= 4 is 20.2 Å². The first-order chi connectivity index (χ1) is 6.64. The van der Waals surface area contributed by atoms with Crippen molar-refractivity contribution in [3.05, 3.63) is 18.2 Å². The highest BCUT2D eigenvalue weighted by Crippen LogP contribution is 2.29. The van der Waals surface area contributed by atoms with Gasteiger partial charge < -0.3 is 0 Å². The second-order valence-corrected chi connectivity index (χ2v) is 5.28. The Bertz CT molecular complexity index is 584. The van der Waals surface area contributed by atoms with E-state index < -0.39 is 35.8 Å². The lowest BCUT2D eigenvalue weighted by atomic mass is 10.3. The zero-order valence-electron chi connectivity index (χ0n) is 6.98. The van der Waals surface area contributed by atoms with Crippen LogP contribution in [0.25, 0.3) is 0 Å². The fourth-order valence-corrected chi connectivity index (χ4v) is 2.81. The van der Waals surface area contributed by atoms with E-state index in [4.69, 9.17) is 9.11 Å². The predicted octanol–water partition coefficient (Wildman–Crippen LogP) is 0.324. The van der Waals surface area contributed by atoms with Crippen LogP contribution in [0.5, 0.6) is 5.75 Å². The van der Waals surface area contributed by atoms with Crippen molar-refractivity contribution in [2.75, 3.05) is 0 Å². The minimum atomic E-state index is -5.00. The highest BCUT2D eigenvalue weighted by molar-refractivity contribution is 7.89. The maximum Gasteiger partial charge on any atom is 0.299 e. The molecule has 0 heterocycles. The van der Waals surface area contributed by atoms with E-state index in [9.17, 15) is 21.9 Å². The third-order valence-corrected chi connectivity index (χ3v) is 3.44. The highest BCUT2D eigenvalue weighted by Gasteiger charge is 2.27. The lowest BCUT2D eigenvalue weighted by Gasteiger charge is -2.03. The number of rotatable bonds is 2. The molecule has 0 amide bonds. The van der Waals surface area contributed by atoms with E-state index in [2.05, 4.69) is 0 Å². The van der Waals surface area contributed by atoms with E-state index >= 15 is 0 Å². The van der Waals surface area contributed by atoms with Gasteiger partial charge in [-0.2, -0.15) is 16.8 Å². The fourth-order valence-electron chi connectivity index (χ4n) is 0.953. The van der Waals surface area contributed by atoms with Crippen molar-refractivity contribution < 1.29 is 31.0 Å². The van der Waals surface area contributed by atoms with Gasteiger partial charge in [-0.15, -0.1) is 0 Å². The summed E-state index contributed by atoms with van der Waals surface area (Å²) >= 11 is 0. The van der Waals surface area contributed by atoms with E-state index in [0.29, 0.717) is 6.07 Å². The van der Waals surface area contributed by atoms with Gasteiger partial charge in [-0.3, -0.25) is 14.2 Å².